The third kappa shape index (κ3) is 7.87. The molecule has 1 aliphatic carbocycles. The van der Waals surface area contributed by atoms with Crippen LogP contribution in [0.1, 0.15) is 37.7 Å². The number of nitrogens with one attached hydrogen (secondary N) is 1. The number of rotatable bonds is 6. The van der Waals surface area contributed by atoms with Gasteiger partial charge in [-0.25, -0.2) is 0 Å². The van der Waals surface area contributed by atoms with E-state index in [0.717, 1.165) is 24.2 Å². The summed E-state index contributed by atoms with van der Waals surface area (Å²) in [5.41, 5.74) is 7.00. The standard InChI is InChI=1S/C17H27N3O2.HI/c1-13-6-5-9-16(10-13)22-12-15(21)11-19-17(18)20-14-7-3-2-4-8-14;/h5-6,9-10,14-15,21H,2-4,7-8,11-12H2,1H3,(H3,18,19,20);1H. The molecule has 130 valence electrons. The summed E-state index contributed by atoms with van der Waals surface area (Å²) in [6.45, 7) is 2.46. The van der Waals surface area contributed by atoms with Crippen LogP contribution in [0.2, 0.25) is 0 Å². The topological polar surface area (TPSA) is 79.9 Å². The summed E-state index contributed by atoms with van der Waals surface area (Å²) in [7, 11) is 0. The Bertz CT molecular complexity index is 490. The highest BCUT2D eigenvalue weighted by molar-refractivity contribution is 14.0. The highest BCUT2D eigenvalue weighted by atomic mass is 127. The Morgan fingerprint density at radius 2 is 2.13 bits per heavy atom. The molecule has 1 fully saturated rings. The Hall–Kier alpha value is -1.02. The normalized spacial score (nSPS) is 17.2. The van der Waals surface area contributed by atoms with Crippen molar-refractivity contribution < 1.29 is 9.84 Å². The maximum absolute atomic E-state index is 9.92. The summed E-state index contributed by atoms with van der Waals surface area (Å²) in [5, 5.41) is 13.2. The van der Waals surface area contributed by atoms with E-state index in [9.17, 15) is 5.11 Å². The van der Waals surface area contributed by atoms with Crippen LogP contribution < -0.4 is 15.8 Å². The van der Waals surface area contributed by atoms with E-state index in [2.05, 4.69) is 10.3 Å². The minimum Gasteiger partial charge on any atom is -0.491 e. The summed E-state index contributed by atoms with van der Waals surface area (Å²) < 4.78 is 5.55. The fourth-order valence-corrected chi connectivity index (χ4v) is 2.66. The second kappa shape index (κ2) is 10.7. The molecule has 23 heavy (non-hydrogen) atoms. The monoisotopic (exact) mass is 433 g/mol. The van der Waals surface area contributed by atoms with Gasteiger partial charge in [0.2, 0.25) is 0 Å². The lowest BCUT2D eigenvalue weighted by Crippen LogP contribution is -2.41. The number of guanidine groups is 1. The van der Waals surface area contributed by atoms with Crippen molar-refractivity contribution in [1.82, 2.24) is 5.32 Å². The molecular formula is C17H28IN3O2. The molecule has 0 saturated heterocycles. The lowest BCUT2D eigenvalue weighted by atomic mass is 9.96. The number of nitrogens with two attached hydrogens (primary N) is 1. The Labute approximate surface area is 155 Å². The largest absolute Gasteiger partial charge is 0.491 e. The molecule has 1 aromatic carbocycles. The van der Waals surface area contributed by atoms with Crippen molar-refractivity contribution in [3.05, 3.63) is 29.8 Å². The van der Waals surface area contributed by atoms with Gasteiger partial charge in [-0.3, -0.25) is 4.99 Å². The van der Waals surface area contributed by atoms with Crippen LogP contribution in [0, 0.1) is 6.92 Å². The van der Waals surface area contributed by atoms with Crippen molar-refractivity contribution in [1.29, 1.82) is 0 Å². The predicted molar refractivity (Wildman–Crippen MR) is 105 cm³/mol. The molecule has 4 N–H and O–H groups in total. The van der Waals surface area contributed by atoms with Crippen LogP contribution in [0.25, 0.3) is 0 Å². The SMILES string of the molecule is Cc1cccc(OCC(O)CN=C(N)NC2CCCCC2)c1.I. The first-order valence-corrected chi connectivity index (χ1v) is 8.07. The first kappa shape index (κ1) is 20.0. The molecule has 5 nitrogen and oxygen atoms in total. The molecule has 1 atom stereocenters. The molecule has 1 aliphatic rings. The molecule has 6 heteroatoms. The number of nitrogens with zero attached hydrogens (tertiary/aromatic N) is 1. The van der Waals surface area contributed by atoms with Crippen LogP contribution in [-0.4, -0.2) is 36.4 Å². The van der Waals surface area contributed by atoms with Crippen molar-refractivity contribution in [2.75, 3.05) is 13.2 Å². The molecule has 0 heterocycles. The van der Waals surface area contributed by atoms with E-state index in [0.29, 0.717) is 12.0 Å². The smallest absolute Gasteiger partial charge is 0.188 e. The molecule has 1 unspecified atom stereocenters. The van der Waals surface area contributed by atoms with Crippen molar-refractivity contribution in [3.8, 4) is 5.75 Å². The van der Waals surface area contributed by atoms with E-state index in [1.54, 1.807) is 0 Å². The van der Waals surface area contributed by atoms with E-state index < -0.39 is 6.10 Å². The number of ether oxygens (including phenoxy) is 1. The lowest BCUT2D eigenvalue weighted by Gasteiger charge is -2.23. The highest BCUT2D eigenvalue weighted by Crippen LogP contribution is 2.17. The van der Waals surface area contributed by atoms with E-state index in [-0.39, 0.29) is 37.1 Å². The molecule has 0 radical (unpaired) electrons. The fourth-order valence-electron chi connectivity index (χ4n) is 2.66. The Balaban J connectivity index is 0.00000264. The van der Waals surface area contributed by atoms with Crippen LogP contribution in [0.3, 0.4) is 0 Å². The molecule has 1 aromatic rings. The minimum absolute atomic E-state index is 0. The highest BCUT2D eigenvalue weighted by Gasteiger charge is 2.13. The summed E-state index contributed by atoms with van der Waals surface area (Å²) >= 11 is 0. The number of aryl methyl sites for hydroxylation is 1. The van der Waals surface area contributed by atoms with Gasteiger partial charge in [0.15, 0.2) is 5.96 Å². The molecule has 0 aliphatic heterocycles. The van der Waals surface area contributed by atoms with E-state index in [1.165, 1.54) is 19.3 Å². The third-order valence-electron chi connectivity index (χ3n) is 3.86. The molecule has 2 rings (SSSR count). The van der Waals surface area contributed by atoms with Crippen LogP contribution in [-0.2, 0) is 0 Å². The van der Waals surface area contributed by atoms with E-state index >= 15 is 0 Å². The van der Waals surface area contributed by atoms with Crippen molar-refractivity contribution in [2.24, 2.45) is 10.7 Å². The second-order valence-corrected chi connectivity index (χ2v) is 5.99. The predicted octanol–water partition coefficient (Wildman–Crippen LogP) is 2.59. The third-order valence-corrected chi connectivity index (χ3v) is 3.86. The average molecular weight is 433 g/mol. The number of hydrogen-bond acceptors (Lipinski definition) is 3. The van der Waals surface area contributed by atoms with Gasteiger partial charge < -0.3 is 20.9 Å². The molecule has 0 amide bonds. The molecular weight excluding hydrogens is 405 g/mol. The van der Waals surface area contributed by atoms with Crippen molar-refractivity contribution in [3.63, 3.8) is 0 Å². The zero-order chi connectivity index (χ0) is 15.8. The fraction of sp³-hybridized carbons (Fsp3) is 0.588. The number of halogens is 1. The van der Waals surface area contributed by atoms with E-state index in [4.69, 9.17) is 10.5 Å². The van der Waals surface area contributed by atoms with Gasteiger partial charge in [-0.05, 0) is 37.5 Å². The summed E-state index contributed by atoms with van der Waals surface area (Å²) in [6, 6.07) is 8.18. The van der Waals surface area contributed by atoms with Gasteiger partial charge in [-0.15, -0.1) is 24.0 Å². The quantitative estimate of drug-likeness (QED) is 0.366. The maximum atomic E-state index is 9.92. The number of hydrogen-bond donors (Lipinski definition) is 3. The molecule has 0 bridgehead atoms. The lowest BCUT2D eigenvalue weighted by molar-refractivity contribution is 0.114. The van der Waals surface area contributed by atoms with Crippen LogP contribution in [0.4, 0.5) is 0 Å². The zero-order valence-electron chi connectivity index (χ0n) is 13.7. The van der Waals surface area contributed by atoms with Gasteiger partial charge >= 0.3 is 0 Å². The van der Waals surface area contributed by atoms with Gasteiger partial charge in [-0.2, -0.15) is 0 Å². The molecule has 1 saturated carbocycles. The van der Waals surface area contributed by atoms with Gasteiger partial charge in [0.1, 0.15) is 18.5 Å². The Kier molecular flexibility index (Phi) is 9.31. The first-order valence-electron chi connectivity index (χ1n) is 8.07. The minimum atomic E-state index is -0.660. The van der Waals surface area contributed by atoms with Gasteiger partial charge in [-0.1, -0.05) is 31.4 Å². The van der Waals surface area contributed by atoms with Crippen LogP contribution in [0.5, 0.6) is 5.75 Å². The zero-order valence-corrected chi connectivity index (χ0v) is 16.0. The first-order chi connectivity index (χ1) is 10.6. The Morgan fingerprint density at radius 3 is 2.83 bits per heavy atom. The summed E-state index contributed by atoms with van der Waals surface area (Å²) in [6.07, 6.45) is 5.44. The van der Waals surface area contributed by atoms with Crippen molar-refractivity contribution in [2.45, 2.75) is 51.2 Å². The second-order valence-electron chi connectivity index (χ2n) is 5.99. The molecule has 0 aromatic heterocycles. The number of benzene rings is 1. The Morgan fingerprint density at radius 1 is 1.39 bits per heavy atom. The van der Waals surface area contributed by atoms with Crippen LogP contribution >= 0.6 is 24.0 Å². The number of aliphatic hydroxyl groups is 1. The average Bonchev–Trinajstić information content (AvgIpc) is 2.52. The van der Waals surface area contributed by atoms with E-state index in [1.807, 2.05) is 31.2 Å². The summed E-state index contributed by atoms with van der Waals surface area (Å²) in [5.74, 6) is 1.18. The number of aliphatic hydroxyl groups excluding tert-OH is 1. The van der Waals surface area contributed by atoms with Gasteiger partial charge in [0.25, 0.3) is 0 Å². The van der Waals surface area contributed by atoms with Crippen LogP contribution in [0.15, 0.2) is 29.3 Å². The maximum Gasteiger partial charge on any atom is 0.188 e. The van der Waals surface area contributed by atoms with Gasteiger partial charge in [0, 0.05) is 6.04 Å². The number of aliphatic imine (C=N–C) groups is 1. The molecule has 0 spiro atoms. The summed E-state index contributed by atoms with van der Waals surface area (Å²) in [4.78, 5) is 4.20. The van der Waals surface area contributed by atoms with Gasteiger partial charge in [0.05, 0.1) is 6.54 Å². The van der Waals surface area contributed by atoms with Crippen molar-refractivity contribution >= 4 is 29.9 Å².